The topological polar surface area (TPSA) is 77.1 Å². The van der Waals surface area contributed by atoms with Crippen LogP contribution in [0.2, 0.25) is 0 Å². The molecule has 0 spiro atoms. The van der Waals surface area contributed by atoms with Crippen LogP contribution < -0.4 is 11.1 Å². The number of carbonyl (C=O) groups excluding carboxylic acids is 1. The van der Waals surface area contributed by atoms with Gasteiger partial charge in [0.2, 0.25) is 5.91 Å². The Hall–Kier alpha value is -3.41. The first-order chi connectivity index (χ1) is 13.1. The number of fused-ring (bicyclic) bond motifs is 2. The smallest absolute Gasteiger partial charge is 0.408 e. The van der Waals surface area contributed by atoms with Gasteiger partial charge in [-0.15, -0.1) is 0 Å². The minimum absolute atomic E-state index is 0.225. The molecule has 2 aromatic carbocycles. The molecule has 0 saturated heterocycles. The zero-order valence-electron chi connectivity index (χ0n) is 14.9. The normalized spacial score (nSPS) is 12.3. The van der Waals surface area contributed by atoms with E-state index >= 15 is 0 Å². The Morgan fingerprint density at radius 3 is 2.85 bits per heavy atom. The Bertz CT molecular complexity index is 1170. The lowest BCUT2D eigenvalue weighted by Gasteiger charge is -2.13. The van der Waals surface area contributed by atoms with Crippen LogP contribution in [-0.4, -0.2) is 22.0 Å². The van der Waals surface area contributed by atoms with Gasteiger partial charge in [-0.1, -0.05) is 36.4 Å². The Balaban J connectivity index is 1.47. The van der Waals surface area contributed by atoms with E-state index in [0.29, 0.717) is 24.1 Å². The highest BCUT2D eigenvalue weighted by Gasteiger charge is 2.20. The first kappa shape index (κ1) is 17.0. The summed E-state index contributed by atoms with van der Waals surface area (Å²) < 4.78 is 6.59. The van der Waals surface area contributed by atoms with Crippen molar-refractivity contribution >= 4 is 27.9 Å². The quantitative estimate of drug-likeness (QED) is 0.593. The Labute approximate surface area is 155 Å². The molecule has 0 aliphatic carbocycles. The van der Waals surface area contributed by atoms with Crippen molar-refractivity contribution in [2.24, 2.45) is 0 Å². The Morgan fingerprint density at radius 1 is 1.15 bits per heavy atom. The zero-order chi connectivity index (χ0) is 18.8. The maximum absolute atomic E-state index is 12.6. The van der Waals surface area contributed by atoms with Crippen LogP contribution in [0.1, 0.15) is 18.5 Å². The van der Waals surface area contributed by atoms with Crippen LogP contribution in [0.15, 0.2) is 70.0 Å². The molecule has 1 N–H and O–H groups in total. The molecule has 1 unspecified atom stereocenters. The molecule has 27 heavy (non-hydrogen) atoms. The molecule has 0 fully saturated rings. The van der Waals surface area contributed by atoms with E-state index < -0.39 is 11.8 Å². The van der Waals surface area contributed by atoms with Gasteiger partial charge in [0.05, 0.1) is 11.0 Å². The van der Waals surface area contributed by atoms with Gasteiger partial charge in [0.15, 0.2) is 5.58 Å². The van der Waals surface area contributed by atoms with Crippen molar-refractivity contribution in [1.29, 1.82) is 0 Å². The van der Waals surface area contributed by atoms with Crippen LogP contribution in [0.25, 0.3) is 22.0 Å². The van der Waals surface area contributed by atoms with Crippen molar-refractivity contribution < 1.29 is 9.21 Å². The fraction of sp³-hybridized carbons (Fsp3) is 0.190. The predicted molar refractivity (Wildman–Crippen MR) is 104 cm³/mol. The highest BCUT2D eigenvalue weighted by molar-refractivity contribution is 5.83. The van der Waals surface area contributed by atoms with E-state index in [4.69, 9.17) is 4.42 Å². The molecule has 1 amide bonds. The van der Waals surface area contributed by atoms with Crippen molar-refractivity contribution in [2.45, 2.75) is 19.4 Å². The molecule has 0 aliphatic heterocycles. The lowest BCUT2D eigenvalue weighted by molar-refractivity contribution is -0.123. The lowest BCUT2D eigenvalue weighted by atomic mass is 10.1. The summed E-state index contributed by atoms with van der Waals surface area (Å²) in [6, 6.07) is 16.4. The number of amides is 1. The molecule has 4 aromatic rings. The van der Waals surface area contributed by atoms with Gasteiger partial charge < -0.3 is 9.73 Å². The van der Waals surface area contributed by atoms with E-state index in [0.717, 1.165) is 16.5 Å². The second kappa shape index (κ2) is 7.07. The average molecular weight is 361 g/mol. The summed E-state index contributed by atoms with van der Waals surface area (Å²) in [7, 11) is 0. The maximum Gasteiger partial charge on any atom is 0.420 e. The summed E-state index contributed by atoms with van der Waals surface area (Å²) in [4.78, 5) is 29.1. The second-order valence-corrected chi connectivity index (χ2v) is 6.41. The van der Waals surface area contributed by atoms with E-state index in [1.54, 1.807) is 31.3 Å². The highest BCUT2D eigenvalue weighted by Crippen LogP contribution is 2.18. The predicted octanol–water partition coefficient (Wildman–Crippen LogP) is 3.06. The summed E-state index contributed by atoms with van der Waals surface area (Å²) >= 11 is 0. The molecule has 0 aliphatic rings. The van der Waals surface area contributed by atoms with Gasteiger partial charge in [-0.2, -0.15) is 0 Å². The van der Waals surface area contributed by atoms with Crippen LogP contribution in [0.4, 0.5) is 0 Å². The first-order valence-corrected chi connectivity index (χ1v) is 8.85. The summed E-state index contributed by atoms with van der Waals surface area (Å²) in [5, 5.41) is 3.98. The fourth-order valence-electron chi connectivity index (χ4n) is 3.31. The number of nitrogens with zero attached hydrogens (tertiary/aromatic N) is 2. The third-order valence-corrected chi connectivity index (χ3v) is 4.70. The number of hydrogen-bond acceptors (Lipinski definition) is 4. The van der Waals surface area contributed by atoms with E-state index in [2.05, 4.69) is 10.3 Å². The maximum atomic E-state index is 12.6. The van der Waals surface area contributed by atoms with Crippen molar-refractivity contribution in [3.8, 4) is 0 Å². The number of para-hydroxylation sites is 3. The number of carbonyl (C=O) groups is 1. The van der Waals surface area contributed by atoms with E-state index in [1.807, 2.05) is 36.4 Å². The fourth-order valence-corrected chi connectivity index (χ4v) is 3.31. The van der Waals surface area contributed by atoms with Crippen molar-refractivity contribution in [3.63, 3.8) is 0 Å². The van der Waals surface area contributed by atoms with E-state index in [9.17, 15) is 9.59 Å². The molecule has 1 atom stereocenters. The van der Waals surface area contributed by atoms with Crippen molar-refractivity contribution in [3.05, 3.63) is 76.9 Å². The number of nitrogens with one attached hydrogen (secondary N) is 1. The van der Waals surface area contributed by atoms with Gasteiger partial charge in [0.25, 0.3) is 0 Å². The molecular formula is C21H19N3O3. The largest absolute Gasteiger partial charge is 0.420 e. The molecule has 6 nitrogen and oxygen atoms in total. The van der Waals surface area contributed by atoms with E-state index in [-0.39, 0.29) is 5.91 Å². The van der Waals surface area contributed by atoms with Crippen molar-refractivity contribution in [2.75, 3.05) is 6.54 Å². The van der Waals surface area contributed by atoms with Gasteiger partial charge in [-0.05, 0) is 37.1 Å². The van der Waals surface area contributed by atoms with Crippen LogP contribution in [0.3, 0.4) is 0 Å². The zero-order valence-corrected chi connectivity index (χ0v) is 14.9. The molecular weight excluding hydrogens is 342 g/mol. The number of benzene rings is 2. The minimum Gasteiger partial charge on any atom is -0.408 e. The van der Waals surface area contributed by atoms with Gasteiger partial charge in [-0.25, -0.2) is 4.79 Å². The summed E-state index contributed by atoms with van der Waals surface area (Å²) in [6.07, 6.45) is 2.43. The number of oxazole rings is 1. The van der Waals surface area contributed by atoms with E-state index in [1.165, 1.54) is 4.57 Å². The Kier molecular flexibility index (Phi) is 4.46. The highest BCUT2D eigenvalue weighted by atomic mass is 16.4. The molecule has 0 bridgehead atoms. The van der Waals surface area contributed by atoms with Gasteiger partial charge in [0.1, 0.15) is 6.04 Å². The molecule has 0 radical (unpaired) electrons. The molecule has 6 heteroatoms. The van der Waals surface area contributed by atoms with Crippen LogP contribution in [-0.2, 0) is 11.2 Å². The number of hydrogen-bond donors (Lipinski definition) is 1. The molecule has 0 saturated carbocycles. The molecule has 136 valence electrons. The van der Waals surface area contributed by atoms with Gasteiger partial charge >= 0.3 is 5.76 Å². The van der Waals surface area contributed by atoms with Gasteiger partial charge in [-0.3, -0.25) is 14.3 Å². The first-order valence-electron chi connectivity index (χ1n) is 8.85. The van der Waals surface area contributed by atoms with Crippen LogP contribution in [0, 0.1) is 0 Å². The number of pyridine rings is 1. The summed E-state index contributed by atoms with van der Waals surface area (Å²) in [5.41, 5.74) is 3.11. The Morgan fingerprint density at radius 2 is 1.96 bits per heavy atom. The molecule has 4 rings (SSSR count). The monoisotopic (exact) mass is 361 g/mol. The molecule has 2 aromatic heterocycles. The third-order valence-electron chi connectivity index (χ3n) is 4.70. The third kappa shape index (κ3) is 3.21. The average Bonchev–Trinajstić information content (AvgIpc) is 3.03. The standard InChI is InChI=1S/C21H19N3O3/c1-14(24-17-9-2-3-10-18(17)27-21(24)26)20(25)23-13-11-16-7-4-6-15-8-5-12-22-19(15)16/h2-10,12,14H,11,13H2,1H3,(H,23,25). The lowest BCUT2D eigenvalue weighted by Crippen LogP contribution is -2.35. The van der Waals surface area contributed by atoms with Crippen LogP contribution >= 0.6 is 0 Å². The number of rotatable bonds is 5. The van der Waals surface area contributed by atoms with Gasteiger partial charge in [0, 0.05) is 18.1 Å². The summed E-state index contributed by atoms with van der Waals surface area (Å²) in [6.45, 7) is 2.15. The van der Waals surface area contributed by atoms with Crippen LogP contribution in [0.5, 0.6) is 0 Å². The number of aromatic nitrogens is 2. The van der Waals surface area contributed by atoms with Crippen molar-refractivity contribution in [1.82, 2.24) is 14.9 Å². The summed E-state index contributed by atoms with van der Waals surface area (Å²) in [5.74, 6) is -0.756. The SMILES string of the molecule is CC(C(=O)NCCc1cccc2cccnc12)n1c(=O)oc2ccccc21. The molecule has 2 heterocycles. The minimum atomic E-state index is -0.660. The second-order valence-electron chi connectivity index (χ2n) is 6.41.